The van der Waals surface area contributed by atoms with Crippen LogP contribution in [-0.2, 0) is 9.59 Å². The number of hydrogen-bond donors (Lipinski definition) is 2. The Kier molecular flexibility index (Phi) is 2.97. The normalized spacial score (nSPS) is 15.5. The third kappa shape index (κ3) is 2.29. The van der Waals surface area contributed by atoms with Crippen LogP contribution in [0.3, 0.4) is 0 Å². The molecule has 1 aromatic rings. The maximum absolute atomic E-state index is 13.7. The molecule has 0 aliphatic carbocycles. The molecule has 7 heteroatoms. The molecule has 94 valence electrons. The van der Waals surface area contributed by atoms with Crippen molar-refractivity contribution in [2.75, 3.05) is 18.0 Å². The lowest BCUT2D eigenvalue weighted by Gasteiger charge is -2.27. The number of hydrogen-bond acceptors (Lipinski definition) is 4. The van der Waals surface area contributed by atoms with E-state index in [0.29, 0.717) is 0 Å². The van der Waals surface area contributed by atoms with Gasteiger partial charge in [-0.3, -0.25) is 14.9 Å². The molecule has 0 saturated carbocycles. The van der Waals surface area contributed by atoms with Gasteiger partial charge < -0.3 is 10.0 Å². The number of carboxylic acid groups (broad SMARTS) is 1. The van der Waals surface area contributed by atoms with E-state index < -0.39 is 23.6 Å². The zero-order valence-electron chi connectivity index (χ0n) is 9.14. The lowest BCUT2D eigenvalue weighted by atomic mass is 10.1. The SMILES string of the molecule is O=C1CN(c2ccc(C(=O)O)cc2F)CC(=O)N1. The van der Waals surface area contributed by atoms with Gasteiger partial charge in [-0.25, -0.2) is 9.18 Å². The van der Waals surface area contributed by atoms with Crippen molar-refractivity contribution in [1.29, 1.82) is 0 Å². The average molecular weight is 252 g/mol. The number of nitrogens with one attached hydrogen (secondary N) is 1. The Morgan fingerprint density at radius 2 is 1.89 bits per heavy atom. The molecule has 1 saturated heterocycles. The highest BCUT2D eigenvalue weighted by Gasteiger charge is 2.24. The second kappa shape index (κ2) is 4.44. The van der Waals surface area contributed by atoms with Gasteiger partial charge in [-0.2, -0.15) is 0 Å². The van der Waals surface area contributed by atoms with Crippen LogP contribution < -0.4 is 10.2 Å². The summed E-state index contributed by atoms with van der Waals surface area (Å²) < 4.78 is 13.7. The Bertz CT molecular complexity index is 528. The fourth-order valence-electron chi connectivity index (χ4n) is 1.70. The summed E-state index contributed by atoms with van der Waals surface area (Å²) in [6.07, 6.45) is 0. The molecule has 1 heterocycles. The number of carboxylic acids is 1. The minimum atomic E-state index is -1.24. The third-order valence-corrected chi connectivity index (χ3v) is 2.48. The van der Waals surface area contributed by atoms with E-state index in [2.05, 4.69) is 5.32 Å². The molecule has 0 aromatic heterocycles. The van der Waals surface area contributed by atoms with E-state index in [4.69, 9.17) is 5.11 Å². The van der Waals surface area contributed by atoms with Crippen LogP contribution in [-0.4, -0.2) is 36.0 Å². The zero-order chi connectivity index (χ0) is 13.3. The van der Waals surface area contributed by atoms with E-state index in [9.17, 15) is 18.8 Å². The van der Waals surface area contributed by atoms with E-state index in [1.54, 1.807) is 0 Å². The van der Waals surface area contributed by atoms with Crippen molar-refractivity contribution in [2.24, 2.45) is 0 Å². The van der Waals surface area contributed by atoms with Gasteiger partial charge in [0.15, 0.2) is 0 Å². The van der Waals surface area contributed by atoms with E-state index in [1.165, 1.54) is 17.0 Å². The minimum Gasteiger partial charge on any atom is -0.478 e. The number of rotatable bonds is 2. The maximum atomic E-state index is 13.7. The van der Waals surface area contributed by atoms with Crippen LogP contribution in [0.1, 0.15) is 10.4 Å². The lowest BCUT2D eigenvalue weighted by Crippen LogP contribution is -2.51. The van der Waals surface area contributed by atoms with Gasteiger partial charge >= 0.3 is 5.97 Å². The molecule has 1 aliphatic heterocycles. The number of anilines is 1. The third-order valence-electron chi connectivity index (χ3n) is 2.48. The summed E-state index contributed by atoms with van der Waals surface area (Å²) in [5, 5.41) is 10.8. The van der Waals surface area contributed by atoms with Crippen molar-refractivity contribution < 1.29 is 23.9 Å². The van der Waals surface area contributed by atoms with Crippen LogP contribution in [0.4, 0.5) is 10.1 Å². The van der Waals surface area contributed by atoms with Crippen LogP contribution in [0.25, 0.3) is 0 Å². The zero-order valence-corrected chi connectivity index (χ0v) is 9.14. The molecule has 2 amide bonds. The summed E-state index contributed by atoms with van der Waals surface area (Å²) in [5.74, 6) is -3.06. The summed E-state index contributed by atoms with van der Waals surface area (Å²) >= 11 is 0. The van der Waals surface area contributed by atoms with E-state index in [-0.39, 0.29) is 24.3 Å². The lowest BCUT2D eigenvalue weighted by molar-refractivity contribution is -0.130. The fraction of sp³-hybridized carbons (Fsp3) is 0.182. The van der Waals surface area contributed by atoms with E-state index in [1.807, 2.05) is 0 Å². The molecule has 1 aliphatic rings. The van der Waals surface area contributed by atoms with Crippen LogP contribution >= 0.6 is 0 Å². The van der Waals surface area contributed by atoms with E-state index in [0.717, 1.165) is 6.07 Å². The number of halogens is 1. The van der Waals surface area contributed by atoms with E-state index >= 15 is 0 Å². The average Bonchev–Trinajstić information content (AvgIpc) is 2.27. The Balaban J connectivity index is 2.31. The second-order valence-corrected chi connectivity index (χ2v) is 3.80. The van der Waals surface area contributed by atoms with Crippen molar-refractivity contribution in [3.63, 3.8) is 0 Å². The summed E-state index contributed by atoms with van der Waals surface area (Å²) in [7, 11) is 0. The highest BCUT2D eigenvalue weighted by molar-refractivity contribution is 6.02. The number of imide groups is 1. The molecular formula is C11H9FN2O4. The minimum absolute atomic E-state index is 0.0307. The summed E-state index contributed by atoms with van der Waals surface area (Å²) in [4.78, 5) is 34.2. The van der Waals surface area contributed by atoms with Crippen LogP contribution in [0, 0.1) is 5.82 Å². The van der Waals surface area contributed by atoms with Crippen LogP contribution in [0.2, 0.25) is 0 Å². The molecule has 0 atom stereocenters. The molecular weight excluding hydrogens is 243 g/mol. The van der Waals surface area contributed by atoms with Crippen molar-refractivity contribution >= 4 is 23.5 Å². The number of piperazine rings is 1. The van der Waals surface area contributed by atoms with Gasteiger partial charge in [0.1, 0.15) is 5.82 Å². The second-order valence-electron chi connectivity index (χ2n) is 3.80. The molecule has 1 aromatic carbocycles. The van der Waals surface area contributed by atoms with Crippen LogP contribution in [0.5, 0.6) is 0 Å². The Labute approximate surface area is 101 Å². The van der Waals surface area contributed by atoms with Gasteiger partial charge in [0, 0.05) is 0 Å². The quantitative estimate of drug-likeness (QED) is 0.723. The monoisotopic (exact) mass is 252 g/mol. The molecule has 1 fully saturated rings. The fourth-order valence-corrected chi connectivity index (χ4v) is 1.70. The highest BCUT2D eigenvalue weighted by atomic mass is 19.1. The molecule has 2 rings (SSSR count). The summed E-state index contributed by atoms with van der Waals surface area (Å²) in [6.45, 7) is -0.288. The molecule has 0 spiro atoms. The summed E-state index contributed by atoms with van der Waals surface area (Å²) in [5.41, 5.74) is -0.160. The Morgan fingerprint density at radius 1 is 1.28 bits per heavy atom. The predicted molar refractivity (Wildman–Crippen MR) is 58.7 cm³/mol. The number of amides is 2. The van der Waals surface area contributed by atoms with Gasteiger partial charge in [-0.1, -0.05) is 0 Å². The van der Waals surface area contributed by atoms with Crippen molar-refractivity contribution in [3.8, 4) is 0 Å². The first-order valence-electron chi connectivity index (χ1n) is 5.08. The number of carbonyl (C=O) groups is 3. The Hall–Kier alpha value is -2.44. The van der Waals surface area contributed by atoms with Gasteiger partial charge in [0.05, 0.1) is 24.3 Å². The highest BCUT2D eigenvalue weighted by Crippen LogP contribution is 2.21. The molecule has 6 nitrogen and oxygen atoms in total. The van der Waals surface area contributed by atoms with Crippen molar-refractivity contribution in [2.45, 2.75) is 0 Å². The molecule has 0 unspecified atom stereocenters. The molecule has 2 N–H and O–H groups in total. The molecule has 18 heavy (non-hydrogen) atoms. The van der Waals surface area contributed by atoms with Gasteiger partial charge in [-0.15, -0.1) is 0 Å². The number of carbonyl (C=O) groups excluding carboxylic acids is 2. The largest absolute Gasteiger partial charge is 0.478 e. The smallest absolute Gasteiger partial charge is 0.335 e. The van der Waals surface area contributed by atoms with Crippen molar-refractivity contribution in [3.05, 3.63) is 29.6 Å². The Morgan fingerprint density at radius 3 is 2.39 bits per heavy atom. The van der Waals surface area contributed by atoms with Gasteiger partial charge in [0.25, 0.3) is 0 Å². The van der Waals surface area contributed by atoms with Crippen LogP contribution in [0.15, 0.2) is 18.2 Å². The topological polar surface area (TPSA) is 86.7 Å². The number of nitrogens with zero attached hydrogens (tertiary/aromatic N) is 1. The first-order valence-corrected chi connectivity index (χ1v) is 5.08. The predicted octanol–water partition coefficient (Wildman–Crippen LogP) is -0.0133. The van der Waals surface area contributed by atoms with Crippen molar-refractivity contribution in [1.82, 2.24) is 5.32 Å². The van der Waals surface area contributed by atoms with Gasteiger partial charge in [-0.05, 0) is 18.2 Å². The number of aromatic carboxylic acids is 1. The maximum Gasteiger partial charge on any atom is 0.335 e. The first-order chi connectivity index (χ1) is 8.47. The standard InChI is InChI=1S/C11H9FN2O4/c12-7-3-6(11(17)18)1-2-8(7)14-4-9(15)13-10(16)5-14/h1-3H,4-5H2,(H,17,18)(H,13,15,16). The van der Waals surface area contributed by atoms with Gasteiger partial charge in [0.2, 0.25) is 11.8 Å². The molecule has 0 radical (unpaired) electrons. The summed E-state index contributed by atoms with van der Waals surface area (Å²) in [6, 6.07) is 3.32. The first kappa shape index (κ1) is 12.0. The molecule has 0 bridgehead atoms. The number of benzene rings is 1.